The zero-order valence-corrected chi connectivity index (χ0v) is 12.8. The van der Waals surface area contributed by atoms with Crippen molar-refractivity contribution in [1.29, 1.82) is 0 Å². The number of carbonyl (C=O) groups is 1. The van der Waals surface area contributed by atoms with E-state index in [-0.39, 0.29) is 5.91 Å². The molecule has 1 atom stereocenters. The number of benzene rings is 1. The van der Waals surface area contributed by atoms with Crippen molar-refractivity contribution in [3.8, 4) is 5.88 Å². The van der Waals surface area contributed by atoms with Gasteiger partial charge in [-0.2, -0.15) is 5.10 Å². The van der Waals surface area contributed by atoms with E-state index in [1.165, 1.54) is 31.0 Å². The van der Waals surface area contributed by atoms with E-state index in [9.17, 15) is 9.18 Å². The largest absolute Gasteiger partial charge is 0.481 e. The lowest BCUT2D eigenvalue weighted by molar-refractivity contribution is -0.118. The maximum atomic E-state index is 13.6. The van der Waals surface area contributed by atoms with Crippen LogP contribution in [0.3, 0.4) is 0 Å². The number of aromatic nitrogens is 1. The third kappa shape index (κ3) is 2.06. The maximum Gasteiger partial charge on any atom is 0.267 e. The normalized spacial score (nSPS) is 21.7. The minimum Gasteiger partial charge on any atom is -0.481 e. The Hall–Kier alpha value is -2.61. The van der Waals surface area contributed by atoms with E-state index in [1.54, 1.807) is 24.4 Å². The van der Waals surface area contributed by atoms with Crippen LogP contribution in [0.15, 0.2) is 41.6 Å². The SMILES string of the molecule is COc1cc(C2=NNC3(S2)C(=O)Nc2ccc(F)cc23)ccn1. The van der Waals surface area contributed by atoms with Gasteiger partial charge in [0.2, 0.25) is 10.8 Å². The van der Waals surface area contributed by atoms with Gasteiger partial charge in [-0.1, -0.05) is 11.8 Å². The van der Waals surface area contributed by atoms with Crippen molar-refractivity contribution in [3.63, 3.8) is 0 Å². The molecule has 0 bridgehead atoms. The highest BCUT2D eigenvalue weighted by Gasteiger charge is 2.52. The second kappa shape index (κ2) is 4.95. The fraction of sp³-hybridized carbons (Fsp3) is 0.133. The van der Waals surface area contributed by atoms with Crippen LogP contribution in [0.4, 0.5) is 10.1 Å². The highest BCUT2D eigenvalue weighted by atomic mass is 32.2. The van der Waals surface area contributed by atoms with Gasteiger partial charge < -0.3 is 10.1 Å². The Morgan fingerprint density at radius 2 is 2.17 bits per heavy atom. The summed E-state index contributed by atoms with van der Waals surface area (Å²) in [4.78, 5) is 15.3. The standard InChI is InChI=1S/C15H11FN4O2S/c1-22-12-6-8(4-5-17-12)13-19-20-15(23-13)10-7-9(16)2-3-11(10)18-14(15)21/h2-7,20H,1H3,(H,18,21). The van der Waals surface area contributed by atoms with E-state index in [0.29, 0.717) is 22.2 Å². The number of methoxy groups -OCH3 is 1. The molecule has 0 fully saturated rings. The molecule has 0 saturated carbocycles. The Labute approximate surface area is 135 Å². The van der Waals surface area contributed by atoms with Gasteiger partial charge in [0.25, 0.3) is 5.91 Å². The molecule has 2 N–H and O–H groups in total. The van der Waals surface area contributed by atoms with Crippen LogP contribution in [0.2, 0.25) is 0 Å². The summed E-state index contributed by atoms with van der Waals surface area (Å²) in [6.45, 7) is 0. The average Bonchev–Trinajstić information content (AvgIpc) is 3.13. The Morgan fingerprint density at radius 1 is 1.30 bits per heavy atom. The van der Waals surface area contributed by atoms with Crippen molar-refractivity contribution in [2.24, 2.45) is 5.10 Å². The van der Waals surface area contributed by atoms with Gasteiger partial charge in [-0.25, -0.2) is 9.37 Å². The van der Waals surface area contributed by atoms with Gasteiger partial charge in [0.1, 0.15) is 10.9 Å². The van der Waals surface area contributed by atoms with Gasteiger partial charge in [-0.05, 0) is 24.3 Å². The van der Waals surface area contributed by atoms with Crippen LogP contribution in [-0.4, -0.2) is 23.0 Å². The number of amides is 1. The van der Waals surface area contributed by atoms with Crippen LogP contribution >= 0.6 is 11.8 Å². The third-order valence-electron chi connectivity index (χ3n) is 3.68. The first-order chi connectivity index (χ1) is 11.1. The van der Waals surface area contributed by atoms with Crippen LogP contribution in [0.1, 0.15) is 11.1 Å². The average molecular weight is 330 g/mol. The molecule has 2 aliphatic heterocycles. The van der Waals surface area contributed by atoms with Crippen LogP contribution in [0.5, 0.6) is 5.88 Å². The van der Waals surface area contributed by atoms with Gasteiger partial charge in [0, 0.05) is 29.1 Å². The molecule has 8 heteroatoms. The third-order valence-corrected chi connectivity index (χ3v) is 5.01. The zero-order valence-electron chi connectivity index (χ0n) is 12.0. The quantitative estimate of drug-likeness (QED) is 0.881. The molecule has 0 aliphatic carbocycles. The Balaban J connectivity index is 1.72. The van der Waals surface area contributed by atoms with Crippen LogP contribution < -0.4 is 15.5 Å². The Morgan fingerprint density at radius 3 is 3.00 bits per heavy atom. The van der Waals surface area contributed by atoms with Crippen LogP contribution in [-0.2, 0) is 9.67 Å². The summed E-state index contributed by atoms with van der Waals surface area (Å²) in [5.41, 5.74) is 4.75. The summed E-state index contributed by atoms with van der Waals surface area (Å²) in [7, 11) is 1.53. The van der Waals surface area contributed by atoms with E-state index in [1.807, 2.05) is 0 Å². The van der Waals surface area contributed by atoms with Gasteiger partial charge in [0.15, 0.2) is 0 Å². The fourth-order valence-corrected chi connectivity index (χ4v) is 3.70. The number of halogens is 1. The van der Waals surface area contributed by atoms with Gasteiger partial charge in [0.05, 0.1) is 7.11 Å². The molecule has 6 nitrogen and oxygen atoms in total. The van der Waals surface area contributed by atoms with E-state index < -0.39 is 10.7 Å². The first-order valence-corrected chi connectivity index (χ1v) is 7.60. The number of pyridine rings is 1. The van der Waals surface area contributed by atoms with Gasteiger partial charge in [-0.3, -0.25) is 10.2 Å². The lowest BCUT2D eigenvalue weighted by atomic mass is 10.1. The summed E-state index contributed by atoms with van der Waals surface area (Å²) in [5.74, 6) is -0.224. The number of fused-ring (bicyclic) bond motifs is 2. The lowest BCUT2D eigenvalue weighted by Gasteiger charge is -2.19. The van der Waals surface area contributed by atoms with E-state index in [0.717, 1.165) is 5.56 Å². The Kier molecular flexibility index (Phi) is 3.02. The van der Waals surface area contributed by atoms with Crippen LogP contribution in [0.25, 0.3) is 0 Å². The highest BCUT2D eigenvalue weighted by molar-refractivity contribution is 8.16. The molecule has 1 spiro atoms. The second-order valence-electron chi connectivity index (χ2n) is 5.04. The summed E-state index contributed by atoms with van der Waals surface area (Å²) in [5, 5.41) is 7.62. The zero-order chi connectivity index (χ0) is 16.0. The molecule has 116 valence electrons. The van der Waals surface area contributed by atoms with Gasteiger partial charge in [-0.15, -0.1) is 0 Å². The predicted octanol–water partition coefficient (Wildman–Crippen LogP) is 2.03. The highest BCUT2D eigenvalue weighted by Crippen LogP contribution is 2.48. The molecule has 2 aliphatic rings. The molecule has 0 radical (unpaired) electrons. The van der Waals surface area contributed by atoms with Crippen molar-refractivity contribution in [3.05, 3.63) is 53.5 Å². The van der Waals surface area contributed by atoms with Crippen molar-refractivity contribution in [1.82, 2.24) is 10.4 Å². The molecular weight excluding hydrogens is 319 g/mol. The number of hydrogen-bond acceptors (Lipinski definition) is 6. The lowest BCUT2D eigenvalue weighted by Crippen LogP contribution is -2.39. The first kappa shape index (κ1) is 14.0. The summed E-state index contributed by atoms with van der Waals surface area (Å²) in [6.07, 6.45) is 1.60. The molecule has 1 aromatic heterocycles. The smallest absolute Gasteiger partial charge is 0.267 e. The minimum absolute atomic E-state index is 0.275. The number of nitrogens with one attached hydrogen (secondary N) is 2. The van der Waals surface area contributed by atoms with Crippen molar-refractivity contribution < 1.29 is 13.9 Å². The number of nitrogens with zero attached hydrogens (tertiary/aromatic N) is 2. The van der Waals surface area contributed by atoms with E-state index >= 15 is 0 Å². The number of carbonyl (C=O) groups excluding carboxylic acids is 1. The number of thioether (sulfide) groups is 1. The van der Waals surface area contributed by atoms with E-state index in [2.05, 4.69) is 20.8 Å². The Bertz CT molecular complexity index is 857. The number of rotatable bonds is 2. The van der Waals surface area contributed by atoms with Crippen molar-refractivity contribution >= 4 is 28.4 Å². The molecule has 0 saturated heterocycles. The fourth-order valence-electron chi connectivity index (χ4n) is 2.56. The van der Waals surface area contributed by atoms with Crippen LogP contribution in [0, 0.1) is 5.82 Å². The van der Waals surface area contributed by atoms with Crippen molar-refractivity contribution in [2.75, 3.05) is 12.4 Å². The number of ether oxygens (including phenoxy) is 1. The van der Waals surface area contributed by atoms with Gasteiger partial charge >= 0.3 is 0 Å². The predicted molar refractivity (Wildman–Crippen MR) is 84.8 cm³/mol. The number of hydrazone groups is 1. The summed E-state index contributed by atoms with van der Waals surface area (Å²) >= 11 is 1.23. The summed E-state index contributed by atoms with van der Waals surface area (Å²) in [6, 6.07) is 7.71. The summed E-state index contributed by atoms with van der Waals surface area (Å²) < 4.78 is 18.7. The number of anilines is 1. The molecule has 23 heavy (non-hydrogen) atoms. The topological polar surface area (TPSA) is 75.6 Å². The van der Waals surface area contributed by atoms with E-state index in [4.69, 9.17) is 4.74 Å². The molecule has 3 heterocycles. The molecular formula is C15H11FN4O2S. The molecule has 1 aromatic carbocycles. The minimum atomic E-state index is -1.15. The first-order valence-electron chi connectivity index (χ1n) is 6.78. The monoisotopic (exact) mass is 330 g/mol. The molecule has 4 rings (SSSR count). The molecule has 1 amide bonds. The number of hydrogen-bond donors (Lipinski definition) is 2. The van der Waals surface area contributed by atoms with Crippen molar-refractivity contribution in [2.45, 2.75) is 4.87 Å². The maximum absolute atomic E-state index is 13.6. The second-order valence-corrected chi connectivity index (χ2v) is 6.25. The molecule has 2 aromatic rings. The molecule has 1 unspecified atom stereocenters.